The zero-order valence-electron chi connectivity index (χ0n) is 27.8. The summed E-state index contributed by atoms with van der Waals surface area (Å²) in [4.78, 5) is 4.22. The van der Waals surface area contributed by atoms with Crippen LogP contribution >= 0.6 is 0 Å². The van der Waals surface area contributed by atoms with Crippen molar-refractivity contribution in [2.24, 2.45) is 0 Å². The van der Waals surface area contributed by atoms with E-state index < -0.39 is 0 Å². The number of imidazole rings is 1. The Morgan fingerprint density at radius 3 is 2.13 bits per heavy atom. The molecule has 0 atom stereocenters. The standard InChI is InChI=1S/C32H31N2.C11H8N.Ir/c1-20(2)24-13-9-14-25(21(3)4)30(24)33-19-34-29-18-23-12-8-7-11-22(23)17-27(29)32(5,6)26-15-10-16-28(33)31(26)34;1-2-6-10(7-3-1)11-8-4-5-9-12-11;/h7-17,20-21H,1-6H3;1-6,8-9H;/q2*-1;+3. The van der Waals surface area contributed by atoms with Crippen LogP contribution in [0.1, 0.15) is 75.6 Å². The molecule has 0 aliphatic carbocycles. The van der Waals surface area contributed by atoms with E-state index in [1.165, 1.54) is 44.4 Å². The van der Waals surface area contributed by atoms with Crippen LogP contribution in [0, 0.1) is 18.5 Å². The van der Waals surface area contributed by atoms with Gasteiger partial charge in [0.05, 0.1) is 16.7 Å². The second-order valence-electron chi connectivity index (χ2n) is 13.3. The first-order valence-corrected chi connectivity index (χ1v) is 16.2. The molecule has 1 aliphatic rings. The van der Waals surface area contributed by atoms with E-state index in [1.807, 2.05) is 42.5 Å². The minimum Gasteiger partial charge on any atom is -0.308 e. The van der Waals surface area contributed by atoms with Crippen molar-refractivity contribution < 1.29 is 24.7 Å². The Hall–Kier alpha value is -4.37. The molecule has 5 aromatic carbocycles. The maximum atomic E-state index is 4.22. The summed E-state index contributed by atoms with van der Waals surface area (Å²) in [7, 11) is 0. The summed E-state index contributed by atoms with van der Waals surface area (Å²) in [5.41, 5.74) is 12.1. The number of hydrogen-bond donors (Lipinski definition) is 0. The van der Waals surface area contributed by atoms with Crippen LogP contribution in [-0.2, 0) is 25.5 Å². The van der Waals surface area contributed by atoms with Gasteiger partial charge in [-0.2, -0.15) is 0 Å². The third kappa shape index (κ3) is 5.75. The fourth-order valence-electron chi connectivity index (χ4n) is 6.79. The van der Waals surface area contributed by atoms with Gasteiger partial charge in [0.15, 0.2) is 0 Å². The third-order valence-electron chi connectivity index (χ3n) is 9.23. The zero-order valence-corrected chi connectivity index (χ0v) is 30.2. The number of benzene rings is 5. The van der Waals surface area contributed by atoms with Crippen molar-refractivity contribution in [3.63, 3.8) is 0 Å². The van der Waals surface area contributed by atoms with Gasteiger partial charge in [-0.15, -0.1) is 76.5 Å². The van der Waals surface area contributed by atoms with Gasteiger partial charge in [0.2, 0.25) is 0 Å². The largest absolute Gasteiger partial charge is 3.00 e. The summed E-state index contributed by atoms with van der Waals surface area (Å²) in [5.74, 6) is 0.834. The van der Waals surface area contributed by atoms with Crippen molar-refractivity contribution in [3.8, 4) is 22.6 Å². The Labute approximate surface area is 292 Å². The molecule has 2 aromatic heterocycles. The van der Waals surface area contributed by atoms with E-state index in [1.54, 1.807) is 6.20 Å². The Morgan fingerprint density at radius 2 is 1.45 bits per heavy atom. The number of fused-ring (bicyclic) bond motifs is 3. The van der Waals surface area contributed by atoms with E-state index in [4.69, 9.17) is 0 Å². The molecule has 0 bridgehead atoms. The van der Waals surface area contributed by atoms with Crippen LogP contribution in [0.2, 0.25) is 0 Å². The Morgan fingerprint density at radius 1 is 0.745 bits per heavy atom. The van der Waals surface area contributed by atoms with Crippen molar-refractivity contribution in [3.05, 3.63) is 156 Å². The van der Waals surface area contributed by atoms with E-state index in [2.05, 4.69) is 141 Å². The molecular formula is C43H39IrN3+. The van der Waals surface area contributed by atoms with Gasteiger partial charge in [0.25, 0.3) is 6.33 Å². The van der Waals surface area contributed by atoms with Crippen LogP contribution in [-0.4, -0.2) is 9.55 Å². The monoisotopic (exact) mass is 790 g/mol. The van der Waals surface area contributed by atoms with Crippen molar-refractivity contribution in [1.82, 2.24) is 9.55 Å². The van der Waals surface area contributed by atoms with Crippen LogP contribution in [0.3, 0.4) is 0 Å². The van der Waals surface area contributed by atoms with Gasteiger partial charge in [-0.05, 0) is 51.4 Å². The molecular weight excluding hydrogens is 751 g/mol. The minimum atomic E-state index is -0.131. The number of hydrogen-bond acceptors (Lipinski definition) is 1. The molecule has 0 amide bonds. The Bertz CT molecular complexity index is 2110. The minimum absolute atomic E-state index is 0. The second kappa shape index (κ2) is 13.0. The smallest absolute Gasteiger partial charge is 0.308 e. The Balaban J connectivity index is 0.000000250. The van der Waals surface area contributed by atoms with E-state index in [-0.39, 0.29) is 25.5 Å². The van der Waals surface area contributed by atoms with Crippen LogP contribution in [0.4, 0.5) is 0 Å². The van der Waals surface area contributed by atoms with Crippen LogP contribution in [0.15, 0.2) is 115 Å². The summed E-state index contributed by atoms with van der Waals surface area (Å²) in [6.45, 7) is 13.8. The molecule has 0 radical (unpaired) electrons. The van der Waals surface area contributed by atoms with Gasteiger partial charge in [-0.1, -0.05) is 102 Å². The molecule has 7 aromatic rings. The van der Waals surface area contributed by atoms with Crippen LogP contribution < -0.4 is 4.57 Å². The number of para-hydroxylation sites is 2. The number of aromatic nitrogens is 3. The maximum Gasteiger partial charge on any atom is 3.00 e. The second-order valence-corrected chi connectivity index (χ2v) is 13.3. The van der Waals surface area contributed by atoms with Crippen molar-refractivity contribution in [1.29, 1.82) is 0 Å². The summed E-state index contributed by atoms with van der Waals surface area (Å²) in [6.07, 6.45) is 5.59. The quantitative estimate of drug-likeness (QED) is 0.129. The number of pyridine rings is 1. The molecule has 0 spiro atoms. The average molecular weight is 790 g/mol. The fourth-order valence-corrected chi connectivity index (χ4v) is 6.79. The molecule has 1 aliphatic heterocycles. The summed E-state index contributed by atoms with van der Waals surface area (Å²) < 4.78 is 4.58. The number of nitrogens with zero attached hydrogens (tertiary/aromatic N) is 3. The van der Waals surface area contributed by atoms with E-state index in [0.717, 1.165) is 22.3 Å². The first-order chi connectivity index (χ1) is 22.3. The molecule has 3 heterocycles. The van der Waals surface area contributed by atoms with Gasteiger partial charge in [0.1, 0.15) is 0 Å². The van der Waals surface area contributed by atoms with Crippen LogP contribution in [0.25, 0.3) is 44.4 Å². The van der Waals surface area contributed by atoms with Crippen molar-refractivity contribution >= 4 is 21.8 Å². The van der Waals surface area contributed by atoms with E-state index >= 15 is 0 Å². The van der Waals surface area contributed by atoms with Gasteiger partial charge >= 0.3 is 20.1 Å². The van der Waals surface area contributed by atoms with Crippen molar-refractivity contribution in [2.45, 2.75) is 58.8 Å². The van der Waals surface area contributed by atoms with Gasteiger partial charge < -0.3 is 9.55 Å². The fraction of sp³-hybridized carbons (Fsp3) is 0.209. The molecule has 0 N–H and O–H groups in total. The molecule has 47 heavy (non-hydrogen) atoms. The third-order valence-corrected chi connectivity index (χ3v) is 9.23. The van der Waals surface area contributed by atoms with E-state index in [0.29, 0.717) is 11.8 Å². The topological polar surface area (TPSA) is 21.7 Å². The van der Waals surface area contributed by atoms with E-state index in [9.17, 15) is 0 Å². The predicted octanol–water partition coefficient (Wildman–Crippen LogP) is 10.1. The molecule has 8 rings (SSSR count). The van der Waals surface area contributed by atoms with Gasteiger partial charge in [-0.3, -0.25) is 4.57 Å². The molecule has 0 saturated carbocycles. The zero-order chi connectivity index (χ0) is 32.0. The summed E-state index contributed by atoms with van der Waals surface area (Å²) in [6, 6.07) is 45.0. The first kappa shape index (κ1) is 32.6. The summed E-state index contributed by atoms with van der Waals surface area (Å²) in [5, 5.41) is 2.38. The molecule has 0 unspecified atom stereocenters. The normalized spacial score (nSPS) is 12.9. The SMILES string of the molecule is CC(C)c1cccc(C(C)C)c1-n1[c-][n+]2c3c(cccc31)C(C)(C)c1cc3ccccc3[c-]c1-2.[Ir+3].[c-]1ccccc1-c1ccccn1. The van der Waals surface area contributed by atoms with Gasteiger partial charge in [0, 0.05) is 6.20 Å². The molecule has 4 heteroatoms. The first-order valence-electron chi connectivity index (χ1n) is 16.2. The molecule has 0 fully saturated rings. The average Bonchev–Trinajstić information content (AvgIpc) is 3.47. The Kier molecular flexibility index (Phi) is 9.03. The molecule has 234 valence electrons. The van der Waals surface area contributed by atoms with Crippen molar-refractivity contribution in [2.75, 3.05) is 0 Å². The number of rotatable bonds is 4. The van der Waals surface area contributed by atoms with Gasteiger partial charge in [-0.25, -0.2) is 0 Å². The molecule has 0 saturated heterocycles. The maximum absolute atomic E-state index is 4.22. The van der Waals surface area contributed by atoms with Crippen LogP contribution in [0.5, 0.6) is 0 Å². The molecule has 3 nitrogen and oxygen atoms in total. The summed E-state index contributed by atoms with van der Waals surface area (Å²) >= 11 is 0. The predicted molar refractivity (Wildman–Crippen MR) is 189 cm³/mol.